The van der Waals surface area contributed by atoms with Gasteiger partial charge in [0.15, 0.2) is 0 Å². The van der Waals surface area contributed by atoms with Gasteiger partial charge in [-0.25, -0.2) is 9.59 Å². The summed E-state index contributed by atoms with van der Waals surface area (Å²) in [6, 6.07) is 13.2. The fraction of sp³-hybridized carbons (Fsp3) is 0.273. The number of hydroxylamine groups is 2. The van der Waals surface area contributed by atoms with Crippen LogP contribution in [-0.4, -0.2) is 34.5 Å². The lowest BCUT2D eigenvalue weighted by Gasteiger charge is -2.19. The fourth-order valence-electron chi connectivity index (χ4n) is 2.81. The smallest absolute Gasteiger partial charge is 0.407 e. The zero-order valence-electron chi connectivity index (χ0n) is 16.9. The van der Waals surface area contributed by atoms with E-state index in [2.05, 4.69) is 5.32 Å². The standard InChI is InChI=1S/C22H22N2O6/c1-22(2,3)29-21(28)23-13-15-10-8-14(9-11-15)12-18(25)30-24-19(26)16-6-4-5-7-17(16)20(24)27/h4-11H,12-13H2,1-3H3,(H,23,28). The highest BCUT2D eigenvalue weighted by atomic mass is 16.7. The van der Waals surface area contributed by atoms with Gasteiger partial charge < -0.3 is 14.9 Å². The molecule has 0 bridgehead atoms. The van der Waals surface area contributed by atoms with E-state index in [9.17, 15) is 19.2 Å². The predicted octanol–water partition coefficient (Wildman–Crippen LogP) is 3.01. The van der Waals surface area contributed by atoms with Crippen LogP contribution in [0.15, 0.2) is 48.5 Å². The summed E-state index contributed by atoms with van der Waals surface area (Å²) >= 11 is 0. The van der Waals surface area contributed by atoms with Crippen LogP contribution in [0, 0.1) is 0 Å². The summed E-state index contributed by atoms with van der Waals surface area (Å²) in [5.74, 6) is -2.05. The predicted molar refractivity (Wildman–Crippen MR) is 106 cm³/mol. The summed E-state index contributed by atoms with van der Waals surface area (Å²) in [6.07, 6.45) is -0.635. The summed E-state index contributed by atoms with van der Waals surface area (Å²) < 4.78 is 5.17. The number of ether oxygens (including phenoxy) is 1. The molecule has 30 heavy (non-hydrogen) atoms. The van der Waals surface area contributed by atoms with Crippen molar-refractivity contribution >= 4 is 23.9 Å². The van der Waals surface area contributed by atoms with E-state index in [1.165, 1.54) is 12.1 Å². The van der Waals surface area contributed by atoms with Crippen molar-refractivity contribution in [2.75, 3.05) is 0 Å². The number of amides is 3. The first-order valence-corrected chi connectivity index (χ1v) is 9.37. The SMILES string of the molecule is CC(C)(C)OC(=O)NCc1ccc(CC(=O)ON2C(=O)c3ccccc3C2=O)cc1. The van der Waals surface area contributed by atoms with Crippen molar-refractivity contribution in [1.29, 1.82) is 0 Å². The molecule has 0 atom stereocenters. The highest BCUT2D eigenvalue weighted by Gasteiger charge is 2.38. The first-order valence-electron chi connectivity index (χ1n) is 9.37. The van der Waals surface area contributed by atoms with E-state index in [1.54, 1.807) is 57.2 Å². The number of carbonyl (C=O) groups is 4. The normalized spacial score (nSPS) is 13.1. The minimum atomic E-state index is -0.732. The Balaban J connectivity index is 1.52. The van der Waals surface area contributed by atoms with Gasteiger partial charge in [0, 0.05) is 6.54 Å². The second-order valence-electron chi connectivity index (χ2n) is 7.76. The van der Waals surface area contributed by atoms with Crippen molar-refractivity contribution in [1.82, 2.24) is 10.4 Å². The van der Waals surface area contributed by atoms with Crippen LogP contribution in [0.4, 0.5) is 4.79 Å². The molecule has 0 radical (unpaired) electrons. The highest BCUT2D eigenvalue weighted by Crippen LogP contribution is 2.23. The van der Waals surface area contributed by atoms with Crippen molar-refractivity contribution in [2.24, 2.45) is 0 Å². The van der Waals surface area contributed by atoms with Gasteiger partial charge in [0.2, 0.25) is 0 Å². The topological polar surface area (TPSA) is 102 Å². The third-order valence-electron chi connectivity index (χ3n) is 4.16. The molecule has 0 aliphatic carbocycles. The van der Waals surface area contributed by atoms with Crippen molar-refractivity contribution in [3.8, 4) is 0 Å². The average Bonchev–Trinajstić information content (AvgIpc) is 2.91. The minimum Gasteiger partial charge on any atom is -0.444 e. The highest BCUT2D eigenvalue weighted by molar-refractivity contribution is 6.20. The Morgan fingerprint density at radius 2 is 1.43 bits per heavy atom. The lowest BCUT2D eigenvalue weighted by molar-refractivity contribution is -0.167. The van der Waals surface area contributed by atoms with E-state index in [0.29, 0.717) is 10.6 Å². The van der Waals surface area contributed by atoms with E-state index >= 15 is 0 Å². The van der Waals surface area contributed by atoms with Gasteiger partial charge in [0.1, 0.15) is 5.60 Å². The molecule has 0 saturated heterocycles. The summed E-state index contributed by atoms with van der Waals surface area (Å²) in [5.41, 5.74) is 1.29. The molecule has 8 nitrogen and oxygen atoms in total. The van der Waals surface area contributed by atoms with Crippen LogP contribution >= 0.6 is 0 Å². The van der Waals surface area contributed by atoms with Crippen LogP contribution in [0.25, 0.3) is 0 Å². The van der Waals surface area contributed by atoms with Crippen LogP contribution in [-0.2, 0) is 27.3 Å². The van der Waals surface area contributed by atoms with E-state index in [-0.39, 0.29) is 24.1 Å². The van der Waals surface area contributed by atoms with Gasteiger partial charge in [-0.1, -0.05) is 41.5 Å². The molecule has 0 saturated carbocycles. The molecule has 1 heterocycles. The van der Waals surface area contributed by atoms with Gasteiger partial charge in [-0.15, -0.1) is 0 Å². The lowest BCUT2D eigenvalue weighted by atomic mass is 10.1. The Hall–Kier alpha value is -3.68. The Labute approximate surface area is 173 Å². The largest absolute Gasteiger partial charge is 0.444 e. The number of nitrogens with one attached hydrogen (secondary N) is 1. The quantitative estimate of drug-likeness (QED) is 0.761. The first-order chi connectivity index (χ1) is 14.1. The summed E-state index contributed by atoms with van der Waals surface area (Å²) in [4.78, 5) is 53.4. The van der Waals surface area contributed by atoms with Crippen molar-refractivity contribution in [3.63, 3.8) is 0 Å². The summed E-state index contributed by atoms with van der Waals surface area (Å²) in [7, 11) is 0. The van der Waals surface area contributed by atoms with Crippen LogP contribution in [0.3, 0.4) is 0 Å². The Morgan fingerprint density at radius 3 is 1.97 bits per heavy atom. The molecule has 0 spiro atoms. The molecule has 2 aromatic rings. The third-order valence-corrected chi connectivity index (χ3v) is 4.16. The molecule has 0 aromatic heterocycles. The maximum atomic E-state index is 12.2. The van der Waals surface area contributed by atoms with E-state index < -0.39 is 29.5 Å². The zero-order valence-corrected chi connectivity index (χ0v) is 16.9. The number of carbonyl (C=O) groups excluding carboxylic acids is 4. The first kappa shape index (κ1) is 21.0. The van der Waals surface area contributed by atoms with Crippen molar-refractivity contribution in [3.05, 3.63) is 70.8 Å². The van der Waals surface area contributed by atoms with Crippen LogP contribution in [0.2, 0.25) is 0 Å². The molecule has 1 aliphatic rings. The Kier molecular flexibility index (Phi) is 5.86. The number of imide groups is 1. The van der Waals surface area contributed by atoms with Gasteiger partial charge in [-0.3, -0.25) is 9.59 Å². The van der Waals surface area contributed by atoms with Crippen LogP contribution in [0.5, 0.6) is 0 Å². The zero-order chi connectivity index (χ0) is 21.9. The monoisotopic (exact) mass is 410 g/mol. The second-order valence-corrected chi connectivity index (χ2v) is 7.76. The number of rotatable bonds is 5. The van der Waals surface area contributed by atoms with Gasteiger partial charge in [-0.05, 0) is 44.0 Å². The molecule has 1 aliphatic heterocycles. The van der Waals surface area contributed by atoms with Gasteiger partial charge in [-0.2, -0.15) is 0 Å². The number of hydrogen-bond acceptors (Lipinski definition) is 6. The average molecular weight is 410 g/mol. The van der Waals surface area contributed by atoms with Crippen molar-refractivity contribution < 1.29 is 28.8 Å². The molecule has 156 valence electrons. The molecular formula is C22H22N2O6. The molecule has 3 amide bonds. The Bertz CT molecular complexity index is 956. The molecule has 0 fully saturated rings. The number of fused-ring (bicyclic) bond motifs is 1. The number of hydrogen-bond donors (Lipinski definition) is 1. The van der Waals surface area contributed by atoms with Crippen LogP contribution < -0.4 is 5.32 Å². The van der Waals surface area contributed by atoms with Gasteiger partial charge >= 0.3 is 12.1 Å². The van der Waals surface area contributed by atoms with Gasteiger partial charge in [0.25, 0.3) is 11.8 Å². The molecule has 0 unspecified atom stereocenters. The minimum absolute atomic E-state index is 0.118. The van der Waals surface area contributed by atoms with Crippen molar-refractivity contribution in [2.45, 2.75) is 39.3 Å². The van der Waals surface area contributed by atoms with Crippen LogP contribution in [0.1, 0.15) is 52.6 Å². The molecular weight excluding hydrogens is 388 g/mol. The second kappa shape index (κ2) is 8.36. The molecule has 8 heteroatoms. The fourth-order valence-corrected chi connectivity index (χ4v) is 2.81. The summed E-state index contributed by atoms with van der Waals surface area (Å²) in [6.45, 7) is 5.61. The third kappa shape index (κ3) is 5.02. The number of alkyl carbamates (subject to hydrolysis) is 1. The number of nitrogens with zero attached hydrogens (tertiary/aromatic N) is 1. The van der Waals surface area contributed by atoms with E-state index in [4.69, 9.17) is 9.57 Å². The lowest BCUT2D eigenvalue weighted by Crippen LogP contribution is -2.33. The van der Waals surface area contributed by atoms with E-state index in [0.717, 1.165) is 5.56 Å². The molecule has 2 aromatic carbocycles. The maximum Gasteiger partial charge on any atom is 0.407 e. The molecule has 1 N–H and O–H groups in total. The maximum absolute atomic E-state index is 12.2. The Morgan fingerprint density at radius 1 is 0.900 bits per heavy atom. The van der Waals surface area contributed by atoms with Gasteiger partial charge in [0.05, 0.1) is 17.5 Å². The molecule has 3 rings (SSSR count). The van der Waals surface area contributed by atoms with E-state index in [1.807, 2.05) is 0 Å². The summed E-state index contributed by atoms with van der Waals surface area (Å²) in [5, 5.41) is 3.14. The number of benzene rings is 2.